The second kappa shape index (κ2) is 3.58. The van der Waals surface area contributed by atoms with Gasteiger partial charge in [-0.25, -0.2) is 0 Å². The van der Waals surface area contributed by atoms with E-state index in [-0.39, 0.29) is 0 Å². The van der Waals surface area contributed by atoms with Crippen molar-refractivity contribution in [3.8, 4) is 0 Å². The Balaban J connectivity index is 1.99. The maximum absolute atomic E-state index is 2.42. The molecule has 1 aromatic heterocycles. The van der Waals surface area contributed by atoms with Crippen LogP contribution >= 0.6 is 11.3 Å². The number of thiophene rings is 1. The van der Waals surface area contributed by atoms with Gasteiger partial charge in [0.05, 0.1) is 0 Å². The molecule has 1 fully saturated rings. The predicted octanol–water partition coefficient (Wildman–Crippen LogP) is 2.56. The predicted molar refractivity (Wildman–Crippen MR) is 53.8 cm³/mol. The molecular formula is C10H15NS. The Morgan fingerprint density at radius 2 is 2.17 bits per heavy atom. The van der Waals surface area contributed by atoms with Gasteiger partial charge in [0.2, 0.25) is 0 Å². The van der Waals surface area contributed by atoms with Crippen molar-refractivity contribution >= 4 is 11.3 Å². The van der Waals surface area contributed by atoms with Crippen LogP contribution in [0.3, 0.4) is 0 Å². The summed E-state index contributed by atoms with van der Waals surface area (Å²) in [6.07, 6.45) is 2.68. The zero-order chi connectivity index (χ0) is 8.39. The number of hydrogen-bond donors (Lipinski definition) is 0. The summed E-state index contributed by atoms with van der Waals surface area (Å²) in [5.41, 5.74) is 1.56. The summed E-state index contributed by atoms with van der Waals surface area (Å²) in [5, 5.41) is 4.49. The first-order valence-corrected chi connectivity index (χ1v) is 5.51. The number of rotatable bonds is 1. The van der Waals surface area contributed by atoms with Gasteiger partial charge < -0.3 is 4.90 Å². The van der Waals surface area contributed by atoms with Crippen molar-refractivity contribution in [2.24, 2.45) is 0 Å². The Morgan fingerprint density at radius 3 is 2.75 bits per heavy atom. The summed E-state index contributed by atoms with van der Waals surface area (Å²) in [6.45, 7) is 2.53. The molecule has 2 heterocycles. The average Bonchev–Trinajstić information content (AvgIpc) is 2.58. The van der Waals surface area contributed by atoms with Gasteiger partial charge in [0.25, 0.3) is 0 Å². The first kappa shape index (κ1) is 8.27. The quantitative estimate of drug-likeness (QED) is 0.643. The Morgan fingerprint density at radius 1 is 1.42 bits per heavy atom. The Hall–Kier alpha value is -0.340. The third kappa shape index (κ3) is 1.70. The van der Waals surface area contributed by atoms with Crippen LogP contribution in [0.1, 0.15) is 24.3 Å². The van der Waals surface area contributed by atoms with Crippen molar-refractivity contribution in [2.45, 2.75) is 18.8 Å². The fraction of sp³-hybridized carbons (Fsp3) is 0.600. The van der Waals surface area contributed by atoms with Crippen LogP contribution in [0.15, 0.2) is 16.8 Å². The second-order valence-electron chi connectivity index (χ2n) is 3.63. The average molecular weight is 181 g/mol. The van der Waals surface area contributed by atoms with Crippen molar-refractivity contribution in [1.29, 1.82) is 0 Å². The molecule has 12 heavy (non-hydrogen) atoms. The number of likely N-dealkylation sites (tertiary alicyclic amines) is 1. The van der Waals surface area contributed by atoms with Crippen LogP contribution in [-0.4, -0.2) is 25.0 Å². The van der Waals surface area contributed by atoms with E-state index >= 15 is 0 Å². The molecule has 0 atom stereocenters. The first-order chi connectivity index (χ1) is 5.86. The van der Waals surface area contributed by atoms with E-state index in [4.69, 9.17) is 0 Å². The molecule has 1 aromatic rings. The minimum absolute atomic E-state index is 0.840. The number of nitrogens with zero attached hydrogens (tertiary/aromatic N) is 1. The molecular weight excluding hydrogens is 166 g/mol. The van der Waals surface area contributed by atoms with Gasteiger partial charge in [-0.1, -0.05) is 0 Å². The molecule has 66 valence electrons. The van der Waals surface area contributed by atoms with Gasteiger partial charge in [-0.3, -0.25) is 0 Å². The van der Waals surface area contributed by atoms with Gasteiger partial charge in [0.15, 0.2) is 0 Å². The molecule has 0 aliphatic carbocycles. The van der Waals surface area contributed by atoms with Crippen molar-refractivity contribution in [1.82, 2.24) is 4.90 Å². The van der Waals surface area contributed by atoms with Crippen LogP contribution in [0.2, 0.25) is 0 Å². The molecule has 2 heteroatoms. The molecule has 0 spiro atoms. The Kier molecular flexibility index (Phi) is 2.47. The molecule has 0 radical (unpaired) electrons. The lowest BCUT2D eigenvalue weighted by molar-refractivity contribution is 0.255. The number of hydrogen-bond acceptors (Lipinski definition) is 2. The summed E-state index contributed by atoms with van der Waals surface area (Å²) in [4.78, 5) is 2.42. The molecule has 0 N–H and O–H groups in total. The van der Waals surface area contributed by atoms with Crippen molar-refractivity contribution in [2.75, 3.05) is 20.1 Å². The van der Waals surface area contributed by atoms with E-state index in [0.29, 0.717) is 0 Å². The fourth-order valence-electron chi connectivity index (χ4n) is 1.85. The molecule has 0 bridgehead atoms. The molecule has 1 aliphatic rings. The summed E-state index contributed by atoms with van der Waals surface area (Å²) in [6, 6.07) is 2.28. The van der Waals surface area contributed by atoms with Gasteiger partial charge in [0, 0.05) is 0 Å². The Labute approximate surface area is 78.0 Å². The zero-order valence-corrected chi connectivity index (χ0v) is 8.31. The van der Waals surface area contributed by atoms with Crippen molar-refractivity contribution in [3.05, 3.63) is 22.4 Å². The highest BCUT2D eigenvalue weighted by Gasteiger charge is 2.17. The van der Waals surface area contributed by atoms with E-state index in [2.05, 4.69) is 28.8 Å². The van der Waals surface area contributed by atoms with Gasteiger partial charge >= 0.3 is 0 Å². The van der Waals surface area contributed by atoms with Crippen molar-refractivity contribution in [3.63, 3.8) is 0 Å². The minimum Gasteiger partial charge on any atom is -0.306 e. The van der Waals surface area contributed by atoms with Crippen LogP contribution in [0.5, 0.6) is 0 Å². The highest BCUT2D eigenvalue weighted by Crippen LogP contribution is 2.28. The van der Waals surface area contributed by atoms with Gasteiger partial charge in [-0.05, 0) is 61.3 Å². The summed E-state index contributed by atoms with van der Waals surface area (Å²) >= 11 is 1.82. The Bertz CT molecular complexity index is 222. The smallest absolute Gasteiger partial charge is 0.00159 e. The van der Waals surface area contributed by atoms with Crippen molar-refractivity contribution < 1.29 is 0 Å². The van der Waals surface area contributed by atoms with Gasteiger partial charge in [-0.15, -0.1) is 0 Å². The SMILES string of the molecule is CN1CCC(c2ccsc2)CC1. The molecule has 0 amide bonds. The van der Waals surface area contributed by atoms with Crippen LogP contribution in [-0.2, 0) is 0 Å². The molecule has 0 unspecified atom stereocenters. The lowest BCUT2D eigenvalue weighted by Crippen LogP contribution is -2.29. The maximum Gasteiger partial charge on any atom is -0.00159 e. The third-order valence-corrected chi connectivity index (χ3v) is 3.43. The van der Waals surface area contributed by atoms with E-state index < -0.39 is 0 Å². The standard InChI is InChI=1S/C10H15NS/c1-11-5-2-9(3-6-11)10-4-7-12-8-10/h4,7-9H,2-3,5-6H2,1H3. The van der Waals surface area contributed by atoms with E-state index in [9.17, 15) is 0 Å². The lowest BCUT2D eigenvalue weighted by Gasteiger charge is -2.28. The lowest BCUT2D eigenvalue weighted by atomic mass is 9.92. The van der Waals surface area contributed by atoms with Crippen LogP contribution in [0.25, 0.3) is 0 Å². The molecule has 0 saturated carbocycles. The molecule has 1 aliphatic heterocycles. The highest BCUT2D eigenvalue weighted by molar-refractivity contribution is 7.07. The first-order valence-electron chi connectivity index (χ1n) is 4.57. The molecule has 0 aromatic carbocycles. The fourth-order valence-corrected chi connectivity index (χ4v) is 2.59. The molecule has 2 rings (SSSR count). The highest BCUT2D eigenvalue weighted by atomic mass is 32.1. The van der Waals surface area contributed by atoms with Crippen LogP contribution < -0.4 is 0 Å². The summed E-state index contributed by atoms with van der Waals surface area (Å²) < 4.78 is 0. The minimum atomic E-state index is 0.840. The zero-order valence-electron chi connectivity index (χ0n) is 7.49. The summed E-state index contributed by atoms with van der Waals surface area (Å²) in [5.74, 6) is 0.840. The largest absolute Gasteiger partial charge is 0.306 e. The topological polar surface area (TPSA) is 3.24 Å². The van der Waals surface area contributed by atoms with E-state index in [1.807, 2.05) is 11.3 Å². The second-order valence-corrected chi connectivity index (χ2v) is 4.41. The van der Waals surface area contributed by atoms with Crippen LogP contribution in [0.4, 0.5) is 0 Å². The van der Waals surface area contributed by atoms with E-state index in [1.54, 1.807) is 5.56 Å². The normalized spacial score (nSPS) is 21.4. The van der Waals surface area contributed by atoms with Gasteiger partial charge in [-0.2, -0.15) is 11.3 Å². The van der Waals surface area contributed by atoms with E-state index in [0.717, 1.165) is 5.92 Å². The third-order valence-electron chi connectivity index (χ3n) is 2.73. The van der Waals surface area contributed by atoms with Gasteiger partial charge in [0.1, 0.15) is 0 Å². The maximum atomic E-state index is 2.42. The molecule has 1 nitrogen and oxygen atoms in total. The number of piperidine rings is 1. The van der Waals surface area contributed by atoms with Crippen LogP contribution in [0, 0.1) is 0 Å². The molecule has 1 saturated heterocycles. The van der Waals surface area contributed by atoms with E-state index in [1.165, 1.54) is 25.9 Å². The summed E-state index contributed by atoms with van der Waals surface area (Å²) in [7, 11) is 2.21. The monoisotopic (exact) mass is 181 g/mol.